The SMILES string of the molecule is C[NH2+]CCOc1nc(-c2ccccc2C)nc2ccccc12. The van der Waals surface area contributed by atoms with Crippen LogP contribution < -0.4 is 10.1 Å². The van der Waals surface area contributed by atoms with E-state index in [9.17, 15) is 0 Å². The Balaban J connectivity index is 2.10. The molecule has 4 nitrogen and oxygen atoms in total. The number of fused-ring (bicyclic) bond motifs is 1. The summed E-state index contributed by atoms with van der Waals surface area (Å²) in [6.07, 6.45) is 0. The van der Waals surface area contributed by atoms with Crippen molar-refractivity contribution in [3.05, 3.63) is 54.1 Å². The number of rotatable bonds is 5. The first-order valence-corrected chi connectivity index (χ1v) is 7.53. The quantitative estimate of drug-likeness (QED) is 0.734. The summed E-state index contributed by atoms with van der Waals surface area (Å²) in [5, 5.41) is 3.04. The second-order valence-corrected chi connectivity index (χ2v) is 5.23. The molecule has 0 radical (unpaired) electrons. The van der Waals surface area contributed by atoms with E-state index in [4.69, 9.17) is 9.72 Å². The lowest BCUT2D eigenvalue weighted by molar-refractivity contribution is -0.627. The molecule has 2 N–H and O–H groups in total. The highest BCUT2D eigenvalue weighted by atomic mass is 16.5. The van der Waals surface area contributed by atoms with E-state index in [1.807, 2.05) is 49.5 Å². The molecule has 0 saturated heterocycles. The van der Waals surface area contributed by atoms with Crippen molar-refractivity contribution in [2.45, 2.75) is 6.92 Å². The van der Waals surface area contributed by atoms with Gasteiger partial charge in [0.05, 0.1) is 18.0 Å². The lowest BCUT2D eigenvalue weighted by Crippen LogP contribution is -2.80. The van der Waals surface area contributed by atoms with Gasteiger partial charge in [-0.05, 0) is 24.6 Å². The van der Waals surface area contributed by atoms with Gasteiger partial charge in [-0.15, -0.1) is 0 Å². The number of quaternary nitrogens is 1. The van der Waals surface area contributed by atoms with Crippen LogP contribution in [0.25, 0.3) is 22.3 Å². The summed E-state index contributed by atoms with van der Waals surface area (Å²) in [6.45, 7) is 3.60. The molecule has 112 valence electrons. The average molecular weight is 294 g/mol. The van der Waals surface area contributed by atoms with Crippen molar-refractivity contribution in [3.8, 4) is 17.3 Å². The summed E-state index contributed by atoms with van der Waals surface area (Å²) >= 11 is 0. The smallest absolute Gasteiger partial charge is 0.225 e. The molecule has 0 saturated carbocycles. The van der Waals surface area contributed by atoms with Crippen LogP contribution in [0.15, 0.2) is 48.5 Å². The maximum atomic E-state index is 5.88. The normalized spacial score (nSPS) is 10.8. The second-order valence-electron chi connectivity index (χ2n) is 5.23. The van der Waals surface area contributed by atoms with E-state index in [0.29, 0.717) is 18.3 Å². The number of nitrogens with zero attached hydrogens (tertiary/aromatic N) is 2. The average Bonchev–Trinajstić information content (AvgIpc) is 2.55. The largest absolute Gasteiger partial charge is 0.471 e. The van der Waals surface area contributed by atoms with Crippen LogP contribution in [-0.4, -0.2) is 30.2 Å². The number of aryl methyl sites for hydroxylation is 1. The molecule has 3 aromatic rings. The molecule has 0 spiro atoms. The van der Waals surface area contributed by atoms with Crippen LogP contribution in [0.1, 0.15) is 5.56 Å². The predicted molar refractivity (Wildman–Crippen MR) is 87.9 cm³/mol. The van der Waals surface area contributed by atoms with Crippen molar-refractivity contribution in [1.82, 2.24) is 9.97 Å². The van der Waals surface area contributed by atoms with E-state index in [2.05, 4.69) is 23.3 Å². The third-order valence-electron chi connectivity index (χ3n) is 3.60. The maximum absolute atomic E-state index is 5.88. The van der Waals surface area contributed by atoms with Gasteiger partial charge in [0, 0.05) is 5.56 Å². The Labute approximate surface area is 130 Å². The summed E-state index contributed by atoms with van der Waals surface area (Å²) in [6, 6.07) is 16.1. The Hall–Kier alpha value is -2.46. The molecule has 4 heteroatoms. The van der Waals surface area contributed by atoms with E-state index < -0.39 is 0 Å². The molecule has 0 unspecified atom stereocenters. The Morgan fingerprint density at radius 3 is 2.59 bits per heavy atom. The monoisotopic (exact) mass is 294 g/mol. The van der Waals surface area contributed by atoms with Crippen molar-refractivity contribution in [2.75, 3.05) is 20.2 Å². The highest BCUT2D eigenvalue weighted by molar-refractivity contribution is 5.85. The van der Waals surface area contributed by atoms with Crippen LogP contribution in [0.5, 0.6) is 5.88 Å². The van der Waals surface area contributed by atoms with Gasteiger partial charge in [-0.3, -0.25) is 0 Å². The van der Waals surface area contributed by atoms with Crippen molar-refractivity contribution in [3.63, 3.8) is 0 Å². The molecular formula is C18H20N3O+. The summed E-state index contributed by atoms with van der Waals surface area (Å²) < 4.78 is 5.88. The molecule has 0 aliphatic heterocycles. The topological polar surface area (TPSA) is 51.6 Å². The number of benzene rings is 2. The van der Waals surface area contributed by atoms with Crippen LogP contribution in [0, 0.1) is 6.92 Å². The first-order chi connectivity index (χ1) is 10.8. The number of aromatic nitrogens is 2. The van der Waals surface area contributed by atoms with Gasteiger partial charge in [0.1, 0.15) is 13.2 Å². The molecule has 0 aliphatic carbocycles. The van der Waals surface area contributed by atoms with Crippen LogP contribution >= 0.6 is 0 Å². The molecule has 2 aromatic carbocycles. The Morgan fingerprint density at radius 1 is 1.00 bits per heavy atom. The molecule has 3 rings (SSSR count). The molecule has 0 amide bonds. The molecular weight excluding hydrogens is 274 g/mol. The zero-order valence-electron chi connectivity index (χ0n) is 12.9. The van der Waals surface area contributed by atoms with Crippen LogP contribution in [0.4, 0.5) is 0 Å². The minimum absolute atomic E-state index is 0.630. The Kier molecular flexibility index (Phi) is 4.30. The standard InChI is InChI=1S/C18H19N3O/c1-13-7-3-4-8-14(13)17-20-16-10-6-5-9-15(16)18(21-17)22-12-11-19-2/h3-10,19H,11-12H2,1-2H3/p+1. The highest BCUT2D eigenvalue weighted by Crippen LogP contribution is 2.27. The second kappa shape index (κ2) is 6.54. The third-order valence-corrected chi connectivity index (χ3v) is 3.60. The fraction of sp³-hybridized carbons (Fsp3) is 0.222. The number of nitrogens with two attached hydrogens (primary N) is 1. The molecule has 1 heterocycles. The molecule has 0 fully saturated rings. The van der Waals surface area contributed by atoms with Crippen LogP contribution in [0.3, 0.4) is 0 Å². The van der Waals surface area contributed by atoms with Gasteiger partial charge >= 0.3 is 0 Å². The highest BCUT2D eigenvalue weighted by Gasteiger charge is 2.11. The molecule has 1 aromatic heterocycles. The number of para-hydroxylation sites is 1. The molecule has 22 heavy (non-hydrogen) atoms. The number of hydrogen-bond donors (Lipinski definition) is 1. The third kappa shape index (κ3) is 2.92. The zero-order chi connectivity index (χ0) is 15.4. The van der Waals surface area contributed by atoms with Crippen molar-refractivity contribution in [1.29, 1.82) is 0 Å². The van der Waals surface area contributed by atoms with Gasteiger partial charge < -0.3 is 10.1 Å². The van der Waals surface area contributed by atoms with Crippen LogP contribution in [-0.2, 0) is 0 Å². The van der Waals surface area contributed by atoms with E-state index in [0.717, 1.165) is 28.6 Å². The van der Waals surface area contributed by atoms with E-state index >= 15 is 0 Å². The van der Waals surface area contributed by atoms with Crippen molar-refractivity contribution >= 4 is 10.9 Å². The zero-order valence-corrected chi connectivity index (χ0v) is 12.9. The minimum Gasteiger partial charge on any atom is -0.471 e. The molecule has 0 atom stereocenters. The summed E-state index contributed by atoms with van der Waals surface area (Å²) in [7, 11) is 2.03. The van der Waals surface area contributed by atoms with E-state index in [-0.39, 0.29) is 0 Å². The predicted octanol–water partition coefficient (Wildman–Crippen LogP) is 2.18. The van der Waals surface area contributed by atoms with E-state index in [1.165, 1.54) is 0 Å². The van der Waals surface area contributed by atoms with Gasteiger partial charge in [-0.25, -0.2) is 4.98 Å². The number of hydrogen-bond acceptors (Lipinski definition) is 3. The summed E-state index contributed by atoms with van der Waals surface area (Å²) in [5.41, 5.74) is 3.11. The number of likely N-dealkylation sites (N-methyl/N-ethyl adjacent to an activating group) is 1. The lowest BCUT2D eigenvalue weighted by Gasteiger charge is -2.10. The van der Waals surface area contributed by atoms with Crippen molar-refractivity contribution in [2.24, 2.45) is 0 Å². The van der Waals surface area contributed by atoms with Gasteiger partial charge in [0.15, 0.2) is 5.82 Å². The fourth-order valence-corrected chi connectivity index (χ4v) is 2.38. The number of ether oxygens (including phenoxy) is 1. The van der Waals surface area contributed by atoms with Gasteiger partial charge in [0.25, 0.3) is 0 Å². The molecule has 0 aliphatic rings. The van der Waals surface area contributed by atoms with Gasteiger partial charge in [-0.1, -0.05) is 36.4 Å². The van der Waals surface area contributed by atoms with Crippen LogP contribution in [0.2, 0.25) is 0 Å². The van der Waals surface area contributed by atoms with E-state index in [1.54, 1.807) is 0 Å². The maximum Gasteiger partial charge on any atom is 0.225 e. The molecule has 0 bridgehead atoms. The first kappa shape index (κ1) is 14.5. The summed E-state index contributed by atoms with van der Waals surface area (Å²) in [4.78, 5) is 9.35. The minimum atomic E-state index is 0.630. The van der Waals surface area contributed by atoms with Gasteiger partial charge in [-0.2, -0.15) is 4.98 Å². The van der Waals surface area contributed by atoms with Crippen molar-refractivity contribution < 1.29 is 10.1 Å². The Morgan fingerprint density at radius 2 is 1.77 bits per heavy atom. The summed E-state index contributed by atoms with van der Waals surface area (Å²) in [5.74, 6) is 1.37. The fourth-order valence-electron chi connectivity index (χ4n) is 2.38. The lowest BCUT2D eigenvalue weighted by atomic mass is 10.1. The Bertz CT molecular complexity index is 786. The van der Waals surface area contributed by atoms with Gasteiger partial charge in [0.2, 0.25) is 5.88 Å². The first-order valence-electron chi connectivity index (χ1n) is 7.53.